The fraction of sp³-hybridized carbons (Fsp3) is 0.486. The first-order chi connectivity index (χ1) is 21.6. The van der Waals surface area contributed by atoms with Gasteiger partial charge in [-0.1, -0.05) is 77.8 Å². The average molecular weight is 645 g/mol. The van der Waals surface area contributed by atoms with Crippen molar-refractivity contribution in [1.29, 1.82) is 0 Å². The number of benzene rings is 2. The summed E-state index contributed by atoms with van der Waals surface area (Å²) in [6.07, 6.45) is 7.21. The number of anilines is 1. The number of hydrogen-bond acceptors (Lipinski definition) is 7. The predicted octanol–water partition coefficient (Wildman–Crippen LogP) is 9.29. The first kappa shape index (κ1) is 33.3. The van der Waals surface area contributed by atoms with Gasteiger partial charge in [0.25, 0.3) is 0 Å². The molecule has 6 nitrogen and oxygen atoms in total. The van der Waals surface area contributed by atoms with Crippen LogP contribution in [0.3, 0.4) is 0 Å². The summed E-state index contributed by atoms with van der Waals surface area (Å²) in [4.78, 5) is 25.8. The highest BCUT2D eigenvalue weighted by Gasteiger charge is 2.22. The third kappa shape index (κ3) is 8.81. The van der Waals surface area contributed by atoms with Crippen molar-refractivity contribution in [3.8, 4) is 11.3 Å². The molecule has 0 spiro atoms. The number of nitrogens with zero attached hydrogens (tertiary/aromatic N) is 4. The van der Waals surface area contributed by atoms with E-state index in [1.807, 2.05) is 4.90 Å². The van der Waals surface area contributed by atoms with E-state index in [2.05, 4.69) is 92.7 Å². The van der Waals surface area contributed by atoms with Gasteiger partial charge >= 0.3 is 5.97 Å². The second-order valence-corrected chi connectivity index (χ2v) is 15.3. The lowest BCUT2D eigenvalue weighted by atomic mass is 9.90. The Hall–Kier alpha value is -3.07. The van der Waals surface area contributed by atoms with E-state index in [1.165, 1.54) is 48.1 Å². The van der Waals surface area contributed by atoms with Gasteiger partial charge in [-0.25, -0.2) is 9.97 Å². The van der Waals surface area contributed by atoms with Crippen molar-refractivity contribution in [2.45, 2.75) is 104 Å². The van der Waals surface area contributed by atoms with Gasteiger partial charge in [0.05, 0.1) is 31.0 Å². The SMILES string of the molecule is CCCC(CCC)c1ccc(CN2CCCc3cc(-c4csc(CN(CC(=O)O)Cc5nc(C(C)(C)C)cs5)n4)ccc32)cc1. The van der Waals surface area contributed by atoms with E-state index in [0.717, 1.165) is 52.9 Å². The Morgan fingerprint density at radius 2 is 1.67 bits per heavy atom. The quantitative estimate of drug-likeness (QED) is 0.148. The number of carbonyl (C=O) groups is 1. The Balaban J connectivity index is 1.26. The molecule has 0 radical (unpaired) electrons. The van der Waals surface area contributed by atoms with E-state index in [4.69, 9.17) is 9.97 Å². The summed E-state index contributed by atoms with van der Waals surface area (Å²) in [7, 11) is 0. The molecule has 0 atom stereocenters. The number of hydrogen-bond donors (Lipinski definition) is 1. The average Bonchev–Trinajstić information content (AvgIpc) is 3.67. The summed E-state index contributed by atoms with van der Waals surface area (Å²) in [6.45, 7) is 13.9. The maximum absolute atomic E-state index is 11.7. The van der Waals surface area contributed by atoms with Gasteiger partial charge in [-0.2, -0.15) is 0 Å². The lowest BCUT2D eigenvalue weighted by molar-refractivity contribution is -0.138. The van der Waals surface area contributed by atoms with Crippen molar-refractivity contribution >= 4 is 34.3 Å². The molecule has 3 heterocycles. The minimum Gasteiger partial charge on any atom is -0.480 e. The third-order valence-corrected chi connectivity index (χ3v) is 10.3. The highest BCUT2D eigenvalue weighted by Crippen LogP contribution is 2.34. The van der Waals surface area contributed by atoms with Crippen LogP contribution in [0.25, 0.3) is 11.3 Å². The second-order valence-electron chi connectivity index (χ2n) is 13.4. The lowest BCUT2D eigenvalue weighted by Crippen LogP contribution is -2.29. The second kappa shape index (κ2) is 15.0. The number of carboxylic acid groups (broad SMARTS) is 1. The smallest absolute Gasteiger partial charge is 0.317 e. The normalized spacial score (nSPS) is 13.5. The molecule has 0 saturated carbocycles. The molecule has 0 unspecified atom stereocenters. The zero-order valence-corrected chi connectivity index (χ0v) is 29.1. The molecular weight excluding hydrogens is 597 g/mol. The Bertz CT molecular complexity index is 1550. The van der Waals surface area contributed by atoms with E-state index in [0.29, 0.717) is 19.0 Å². The van der Waals surface area contributed by atoms with Crippen LogP contribution >= 0.6 is 22.7 Å². The van der Waals surface area contributed by atoms with Crippen LogP contribution in [0.5, 0.6) is 0 Å². The number of carboxylic acids is 1. The summed E-state index contributed by atoms with van der Waals surface area (Å²) in [5.41, 5.74) is 8.65. The number of aliphatic carboxylic acids is 1. The minimum atomic E-state index is -0.841. The number of rotatable bonds is 14. The van der Waals surface area contributed by atoms with Crippen LogP contribution in [0.15, 0.2) is 53.2 Å². The summed E-state index contributed by atoms with van der Waals surface area (Å²) in [5.74, 6) is -0.166. The van der Waals surface area contributed by atoms with E-state index >= 15 is 0 Å². The lowest BCUT2D eigenvalue weighted by Gasteiger charge is -2.32. The fourth-order valence-corrected chi connectivity index (χ4v) is 8.18. The van der Waals surface area contributed by atoms with Crippen molar-refractivity contribution in [2.24, 2.45) is 0 Å². The van der Waals surface area contributed by atoms with Crippen LogP contribution < -0.4 is 4.90 Å². The number of aromatic nitrogens is 2. The molecule has 4 aromatic rings. The van der Waals surface area contributed by atoms with Crippen molar-refractivity contribution < 1.29 is 9.90 Å². The molecule has 0 amide bonds. The van der Waals surface area contributed by atoms with E-state index < -0.39 is 5.97 Å². The van der Waals surface area contributed by atoms with Gasteiger partial charge in [0.2, 0.25) is 0 Å². The zero-order valence-electron chi connectivity index (χ0n) is 27.5. The molecule has 0 fully saturated rings. The van der Waals surface area contributed by atoms with Gasteiger partial charge in [0, 0.05) is 40.5 Å². The van der Waals surface area contributed by atoms with E-state index in [-0.39, 0.29) is 12.0 Å². The minimum absolute atomic E-state index is 0.0277. The Kier molecular flexibility index (Phi) is 11.1. The van der Waals surface area contributed by atoms with Crippen LogP contribution in [0.1, 0.15) is 105 Å². The molecular formula is C37H48N4O2S2. The Morgan fingerprint density at radius 3 is 2.31 bits per heavy atom. The molecule has 2 aromatic carbocycles. The maximum atomic E-state index is 11.7. The zero-order chi connectivity index (χ0) is 32.0. The van der Waals surface area contributed by atoms with Crippen molar-refractivity contribution in [3.05, 3.63) is 85.6 Å². The molecule has 1 N–H and O–H groups in total. The first-order valence-corrected chi connectivity index (χ1v) is 18.2. The molecule has 1 aliphatic heterocycles. The molecule has 5 rings (SSSR count). The first-order valence-electron chi connectivity index (χ1n) is 16.4. The van der Waals surface area contributed by atoms with E-state index in [1.54, 1.807) is 22.7 Å². The largest absolute Gasteiger partial charge is 0.480 e. The Labute approximate surface area is 277 Å². The molecule has 0 aliphatic carbocycles. The molecule has 1 aliphatic rings. The van der Waals surface area contributed by atoms with Crippen molar-refractivity contribution in [1.82, 2.24) is 14.9 Å². The van der Waals surface area contributed by atoms with E-state index in [9.17, 15) is 9.90 Å². The monoisotopic (exact) mass is 644 g/mol. The van der Waals surface area contributed by atoms with Crippen LogP contribution in [0.4, 0.5) is 5.69 Å². The standard InChI is InChI=1S/C37H48N4O2S2/c1-6-9-27(10-7-2)28-14-12-26(13-15-28)20-41-18-8-11-30-19-29(16-17-32(30)41)31-24-44-34(38-31)21-40(23-36(42)43)22-35-39-33(25-45-35)37(3,4)5/h12-17,19,24-25,27H,6-11,18,20-23H2,1-5H3,(H,42,43). The fourth-order valence-electron chi connectivity index (χ4n) is 6.27. The van der Waals surface area contributed by atoms with Crippen LogP contribution in [0, 0.1) is 0 Å². The summed E-state index contributed by atoms with van der Waals surface area (Å²) < 4.78 is 0. The van der Waals surface area contributed by atoms with Crippen LogP contribution in [-0.2, 0) is 36.3 Å². The van der Waals surface area contributed by atoms with Gasteiger partial charge in [-0.05, 0) is 60.4 Å². The molecule has 45 heavy (non-hydrogen) atoms. The predicted molar refractivity (Wildman–Crippen MR) is 188 cm³/mol. The van der Waals surface area contributed by atoms with Crippen molar-refractivity contribution in [2.75, 3.05) is 18.0 Å². The van der Waals surface area contributed by atoms with Gasteiger partial charge in [0.15, 0.2) is 0 Å². The Morgan fingerprint density at radius 1 is 0.978 bits per heavy atom. The van der Waals surface area contributed by atoms with Gasteiger partial charge in [0.1, 0.15) is 10.0 Å². The molecule has 240 valence electrons. The summed E-state index contributed by atoms with van der Waals surface area (Å²) in [6, 6.07) is 16.1. The highest BCUT2D eigenvalue weighted by molar-refractivity contribution is 7.10. The summed E-state index contributed by atoms with van der Waals surface area (Å²) in [5, 5.41) is 15.6. The molecule has 0 saturated heterocycles. The van der Waals surface area contributed by atoms with Crippen LogP contribution in [-0.4, -0.2) is 39.0 Å². The number of fused-ring (bicyclic) bond motifs is 1. The maximum Gasteiger partial charge on any atom is 0.317 e. The highest BCUT2D eigenvalue weighted by atomic mass is 32.1. The number of aryl methyl sites for hydroxylation is 1. The van der Waals surface area contributed by atoms with Gasteiger partial charge in [-0.3, -0.25) is 9.69 Å². The van der Waals surface area contributed by atoms with Gasteiger partial charge < -0.3 is 10.0 Å². The molecule has 0 bridgehead atoms. The molecule has 8 heteroatoms. The van der Waals surface area contributed by atoms with Crippen LogP contribution in [0.2, 0.25) is 0 Å². The summed E-state index contributed by atoms with van der Waals surface area (Å²) >= 11 is 3.19. The van der Waals surface area contributed by atoms with Crippen molar-refractivity contribution in [3.63, 3.8) is 0 Å². The topological polar surface area (TPSA) is 69.6 Å². The van der Waals surface area contributed by atoms with Gasteiger partial charge in [-0.15, -0.1) is 22.7 Å². The third-order valence-electron chi connectivity index (χ3n) is 8.64. The molecule has 2 aromatic heterocycles. The number of thiazole rings is 2.